The van der Waals surface area contributed by atoms with Crippen LogP contribution in [0.25, 0.3) is 21.7 Å². The molecule has 0 aliphatic carbocycles. The number of carbonyl (C=O) groups is 1. The Hall–Kier alpha value is -2.49. The minimum Gasteiger partial charge on any atom is -0.507 e. The largest absolute Gasteiger partial charge is 0.507 e. The van der Waals surface area contributed by atoms with Gasteiger partial charge in [0.2, 0.25) is 0 Å². The lowest BCUT2D eigenvalue weighted by Crippen LogP contribution is -1.96. The Balaban J connectivity index is 2.58. The molecule has 1 heterocycles. The number of aromatic carboxylic acids is 1. The highest BCUT2D eigenvalue weighted by atomic mass is 16.4. The standard InChI is InChI=1S/C14H10O4/c1-7-12(14(16)17)10-6-11(15)8-4-2-3-5-9(8)13(10)18-7/h2-6,15H,1H3,(H,16,17). The Morgan fingerprint density at radius 1 is 1.17 bits per heavy atom. The molecule has 0 radical (unpaired) electrons. The molecule has 0 atom stereocenters. The molecule has 4 nitrogen and oxygen atoms in total. The summed E-state index contributed by atoms with van der Waals surface area (Å²) < 4.78 is 5.54. The van der Waals surface area contributed by atoms with Gasteiger partial charge in [0.05, 0.1) is 0 Å². The van der Waals surface area contributed by atoms with Crippen molar-refractivity contribution < 1.29 is 19.4 Å². The van der Waals surface area contributed by atoms with E-state index in [1.807, 2.05) is 12.1 Å². The van der Waals surface area contributed by atoms with Crippen LogP contribution in [0.3, 0.4) is 0 Å². The van der Waals surface area contributed by atoms with Crippen molar-refractivity contribution in [1.29, 1.82) is 0 Å². The fraction of sp³-hybridized carbons (Fsp3) is 0.0714. The predicted octanol–water partition coefficient (Wildman–Crippen LogP) is 3.30. The van der Waals surface area contributed by atoms with Gasteiger partial charge in [0.1, 0.15) is 22.7 Å². The zero-order chi connectivity index (χ0) is 12.9. The highest BCUT2D eigenvalue weighted by molar-refractivity contribution is 6.14. The number of phenols is 1. The molecule has 3 aromatic rings. The molecule has 0 amide bonds. The second kappa shape index (κ2) is 3.50. The van der Waals surface area contributed by atoms with Crippen LogP contribution in [0.2, 0.25) is 0 Å². The van der Waals surface area contributed by atoms with Crippen molar-refractivity contribution in [2.45, 2.75) is 6.92 Å². The summed E-state index contributed by atoms with van der Waals surface area (Å²) in [6.45, 7) is 1.61. The van der Waals surface area contributed by atoms with Crippen LogP contribution in [-0.4, -0.2) is 16.2 Å². The molecule has 3 rings (SSSR count). The van der Waals surface area contributed by atoms with Gasteiger partial charge in [-0.15, -0.1) is 0 Å². The maximum atomic E-state index is 11.2. The third-order valence-electron chi connectivity index (χ3n) is 3.06. The van der Waals surface area contributed by atoms with E-state index < -0.39 is 5.97 Å². The SMILES string of the molecule is Cc1oc2c(cc(O)c3ccccc32)c1C(=O)O. The van der Waals surface area contributed by atoms with Gasteiger partial charge in [0.25, 0.3) is 0 Å². The van der Waals surface area contributed by atoms with Crippen LogP contribution in [0.15, 0.2) is 34.7 Å². The van der Waals surface area contributed by atoms with Crippen molar-refractivity contribution in [3.63, 3.8) is 0 Å². The van der Waals surface area contributed by atoms with Crippen LogP contribution in [0, 0.1) is 6.92 Å². The number of hydrogen-bond acceptors (Lipinski definition) is 3. The van der Waals surface area contributed by atoms with Gasteiger partial charge in [-0.25, -0.2) is 4.79 Å². The molecular formula is C14H10O4. The maximum Gasteiger partial charge on any atom is 0.339 e. The van der Waals surface area contributed by atoms with Gasteiger partial charge in [0.15, 0.2) is 0 Å². The predicted molar refractivity (Wildman–Crippen MR) is 67.1 cm³/mol. The van der Waals surface area contributed by atoms with Crippen molar-refractivity contribution in [3.8, 4) is 5.75 Å². The molecule has 0 spiro atoms. The van der Waals surface area contributed by atoms with E-state index in [4.69, 9.17) is 4.42 Å². The highest BCUT2D eigenvalue weighted by Gasteiger charge is 2.20. The lowest BCUT2D eigenvalue weighted by Gasteiger charge is -2.01. The molecule has 0 aliphatic rings. The molecular weight excluding hydrogens is 232 g/mol. The monoisotopic (exact) mass is 242 g/mol. The van der Waals surface area contributed by atoms with E-state index in [1.165, 1.54) is 6.07 Å². The third-order valence-corrected chi connectivity index (χ3v) is 3.06. The van der Waals surface area contributed by atoms with E-state index in [0.29, 0.717) is 27.5 Å². The Morgan fingerprint density at radius 3 is 2.50 bits per heavy atom. The number of furan rings is 1. The molecule has 0 saturated heterocycles. The number of aryl methyl sites for hydroxylation is 1. The van der Waals surface area contributed by atoms with E-state index >= 15 is 0 Å². The van der Waals surface area contributed by atoms with Gasteiger partial charge < -0.3 is 14.6 Å². The summed E-state index contributed by atoms with van der Waals surface area (Å²) in [5, 5.41) is 20.9. The van der Waals surface area contributed by atoms with Crippen molar-refractivity contribution >= 4 is 27.7 Å². The molecule has 1 aromatic heterocycles. The zero-order valence-corrected chi connectivity index (χ0v) is 9.60. The molecule has 0 saturated carbocycles. The number of rotatable bonds is 1. The fourth-order valence-electron chi connectivity index (χ4n) is 2.28. The zero-order valence-electron chi connectivity index (χ0n) is 9.60. The van der Waals surface area contributed by atoms with Crippen LogP contribution < -0.4 is 0 Å². The minimum atomic E-state index is -1.05. The molecule has 0 bridgehead atoms. The van der Waals surface area contributed by atoms with E-state index in [1.54, 1.807) is 19.1 Å². The average Bonchev–Trinajstić information content (AvgIpc) is 2.66. The minimum absolute atomic E-state index is 0.0569. The molecule has 2 N–H and O–H groups in total. The van der Waals surface area contributed by atoms with Crippen LogP contribution in [0.5, 0.6) is 5.75 Å². The van der Waals surface area contributed by atoms with Crippen molar-refractivity contribution in [2.24, 2.45) is 0 Å². The van der Waals surface area contributed by atoms with Gasteiger partial charge in [0, 0.05) is 16.2 Å². The van der Waals surface area contributed by atoms with Crippen LogP contribution >= 0.6 is 0 Å². The van der Waals surface area contributed by atoms with Crippen LogP contribution in [-0.2, 0) is 0 Å². The highest BCUT2D eigenvalue weighted by Crippen LogP contribution is 2.36. The first-order valence-corrected chi connectivity index (χ1v) is 5.46. The summed E-state index contributed by atoms with van der Waals surface area (Å²) in [5.74, 6) is -0.657. The molecule has 0 aliphatic heterocycles. The van der Waals surface area contributed by atoms with Gasteiger partial charge in [-0.05, 0) is 13.0 Å². The number of hydrogen-bond donors (Lipinski definition) is 2. The summed E-state index contributed by atoms with van der Waals surface area (Å²) in [6, 6.07) is 8.63. The number of phenolic OH excluding ortho intramolecular Hbond substituents is 1. The molecule has 0 fully saturated rings. The summed E-state index contributed by atoms with van der Waals surface area (Å²) >= 11 is 0. The molecule has 2 aromatic carbocycles. The van der Waals surface area contributed by atoms with Crippen molar-refractivity contribution in [2.75, 3.05) is 0 Å². The molecule has 90 valence electrons. The number of aromatic hydroxyl groups is 1. The van der Waals surface area contributed by atoms with Crippen LogP contribution in [0.1, 0.15) is 16.1 Å². The molecule has 4 heteroatoms. The van der Waals surface area contributed by atoms with Gasteiger partial charge in [-0.2, -0.15) is 0 Å². The number of carboxylic acids is 1. The summed E-state index contributed by atoms with van der Waals surface area (Å²) in [6.07, 6.45) is 0. The lowest BCUT2D eigenvalue weighted by molar-refractivity contribution is 0.0697. The second-order valence-corrected chi connectivity index (χ2v) is 4.16. The van der Waals surface area contributed by atoms with Gasteiger partial charge in [-0.3, -0.25) is 0 Å². The first-order chi connectivity index (χ1) is 8.59. The van der Waals surface area contributed by atoms with E-state index in [-0.39, 0.29) is 11.3 Å². The Morgan fingerprint density at radius 2 is 1.83 bits per heavy atom. The summed E-state index contributed by atoms with van der Waals surface area (Å²) in [5.41, 5.74) is 0.601. The van der Waals surface area contributed by atoms with E-state index in [9.17, 15) is 15.0 Å². The third kappa shape index (κ3) is 1.29. The fourth-order valence-corrected chi connectivity index (χ4v) is 2.28. The first kappa shape index (κ1) is 10.7. The van der Waals surface area contributed by atoms with Gasteiger partial charge in [-0.1, -0.05) is 24.3 Å². The number of fused-ring (bicyclic) bond motifs is 3. The van der Waals surface area contributed by atoms with E-state index in [0.717, 1.165) is 0 Å². The van der Waals surface area contributed by atoms with Crippen LogP contribution in [0.4, 0.5) is 0 Å². The Kier molecular flexibility index (Phi) is 2.07. The quantitative estimate of drug-likeness (QED) is 0.686. The Labute approximate surface area is 102 Å². The molecule has 0 unspecified atom stereocenters. The van der Waals surface area contributed by atoms with E-state index in [2.05, 4.69) is 0 Å². The Bertz CT molecular complexity index is 783. The number of carboxylic acid groups (broad SMARTS) is 1. The van der Waals surface area contributed by atoms with Gasteiger partial charge >= 0.3 is 5.97 Å². The number of benzene rings is 2. The first-order valence-electron chi connectivity index (χ1n) is 5.46. The summed E-state index contributed by atoms with van der Waals surface area (Å²) in [7, 11) is 0. The second-order valence-electron chi connectivity index (χ2n) is 4.16. The normalized spacial score (nSPS) is 11.2. The molecule has 18 heavy (non-hydrogen) atoms. The topological polar surface area (TPSA) is 70.7 Å². The summed E-state index contributed by atoms with van der Waals surface area (Å²) in [4.78, 5) is 11.2. The van der Waals surface area contributed by atoms with Crippen molar-refractivity contribution in [3.05, 3.63) is 41.7 Å². The average molecular weight is 242 g/mol. The smallest absolute Gasteiger partial charge is 0.339 e. The lowest BCUT2D eigenvalue weighted by atomic mass is 10.0. The van der Waals surface area contributed by atoms with Crippen molar-refractivity contribution in [1.82, 2.24) is 0 Å². The maximum absolute atomic E-state index is 11.2.